The maximum Gasteiger partial charge on any atom is 0.270 e. The first kappa shape index (κ1) is 15.0. The summed E-state index contributed by atoms with van der Waals surface area (Å²) in [7, 11) is 1.89. The molecule has 0 fully saturated rings. The van der Waals surface area contributed by atoms with Crippen LogP contribution in [-0.2, 0) is 0 Å². The number of hydrogen-bond acceptors (Lipinski definition) is 5. The Labute approximate surface area is 122 Å². The van der Waals surface area contributed by atoms with Crippen LogP contribution in [0.2, 0.25) is 0 Å². The van der Waals surface area contributed by atoms with Crippen molar-refractivity contribution in [2.45, 2.75) is 19.9 Å². The van der Waals surface area contributed by atoms with Gasteiger partial charge in [0, 0.05) is 37.0 Å². The van der Waals surface area contributed by atoms with E-state index in [1.807, 2.05) is 25.1 Å². The fraction of sp³-hybridized carbons (Fsp3) is 0.357. The zero-order valence-electron chi connectivity index (χ0n) is 12.2. The summed E-state index contributed by atoms with van der Waals surface area (Å²) in [6.07, 6.45) is 1.85. The highest BCUT2D eigenvalue weighted by atomic mass is 16.6. The summed E-state index contributed by atoms with van der Waals surface area (Å²) in [5.41, 5.74) is 1.65. The zero-order chi connectivity index (χ0) is 15.6. The molecule has 21 heavy (non-hydrogen) atoms. The molecule has 0 bridgehead atoms. The van der Waals surface area contributed by atoms with E-state index in [1.165, 1.54) is 12.1 Å². The van der Waals surface area contributed by atoms with Crippen molar-refractivity contribution < 1.29 is 9.72 Å². The van der Waals surface area contributed by atoms with Crippen LogP contribution in [0.4, 0.5) is 5.69 Å². The smallest absolute Gasteiger partial charge is 0.270 e. The van der Waals surface area contributed by atoms with E-state index in [9.17, 15) is 14.9 Å². The number of hydrogen-bond donors (Lipinski definition) is 2. The van der Waals surface area contributed by atoms with Gasteiger partial charge in [0.1, 0.15) is 0 Å². The lowest BCUT2D eigenvalue weighted by atomic mass is 10.1. The van der Waals surface area contributed by atoms with E-state index in [2.05, 4.69) is 10.6 Å². The standard InChI is InChI=1S/C14H18N4O3/c1-9-4-5-11(18(20)21)6-12(9)14(19)16-13-7-17(3)8-15-10(13)2/h4-7,10,15H,8H2,1-3H3,(H,16,19). The Morgan fingerprint density at radius 2 is 2.24 bits per heavy atom. The first-order valence-electron chi connectivity index (χ1n) is 6.60. The Kier molecular flexibility index (Phi) is 4.23. The number of rotatable bonds is 3. The minimum Gasteiger partial charge on any atom is -0.366 e. The van der Waals surface area contributed by atoms with E-state index in [0.717, 1.165) is 5.70 Å². The molecule has 0 spiro atoms. The predicted molar refractivity (Wildman–Crippen MR) is 78.6 cm³/mol. The minimum atomic E-state index is -0.506. The van der Waals surface area contributed by atoms with Gasteiger partial charge in [-0.1, -0.05) is 6.07 Å². The van der Waals surface area contributed by atoms with Crippen molar-refractivity contribution in [1.82, 2.24) is 15.5 Å². The van der Waals surface area contributed by atoms with Crippen LogP contribution in [0.15, 0.2) is 30.1 Å². The lowest BCUT2D eigenvalue weighted by Crippen LogP contribution is -2.45. The normalized spacial score (nSPS) is 18.1. The van der Waals surface area contributed by atoms with Gasteiger partial charge in [0.25, 0.3) is 11.6 Å². The number of benzene rings is 1. The molecule has 0 saturated carbocycles. The number of nitro benzene ring substituents is 1. The second kappa shape index (κ2) is 5.92. The molecule has 0 aromatic heterocycles. The molecular formula is C14H18N4O3. The molecule has 7 heteroatoms. The van der Waals surface area contributed by atoms with Crippen LogP contribution in [0.1, 0.15) is 22.8 Å². The predicted octanol–water partition coefficient (Wildman–Crippen LogP) is 1.36. The van der Waals surface area contributed by atoms with Crippen LogP contribution < -0.4 is 10.6 Å². The molecule has 0 aliphatic carbocycles. The summed E-state index contributed by atoms with van der Waals surface area (Å²) in [6, 6.07) is 4.29. The fourth-order valence-corrected chi connectivity index (χ4v) is 2.09. The van der Waals surface area contributed by atoms with Gasteiger partial charge >= 0.3 is 0 Å². The second-order valence-corrected chi connectivity index (χ2v) is 5.14. The van der Waals surface area contributed by atoms with Crippen LogP contribution in [0.5, 0.6) is 0 Å². The molecule has 0 radical (unpaired) electrons. The molecule has 112 valence electrons. The number of carbonyl (C=O) groups is 1. The third-order valence-corrected chi connectivity index (χ3v) is 3.41. The van der Waals surface area contributed by atoms with Crippen molar-refractivity contribution in [2.24, 2.45) is 0 Å². The second-order valence-electron chi connectivity index (χ2n) is 5.14. The average Bonchev–Trinajstić information content (AvgIpc) is 2.43. The van der Waals surface area contributed by atoms with Gasteiger partial charge in [-0.15, -0.1) is 0 Å². The molecular weight excluding hydrogens is 272 g/mol. The topological polar surface area (TPSA) is 87.5 Å². The highest BCUT2D eigenvalue weighted by Crippen LogP contribution is 2.18. The number of amides is 1. The third-order valence-electron chi connectivity index (χ3n) is 3.41. The Balaban J connectivity index is 2.24. The van der Waals surface area contributed by atoms with Crippen molar-refractivity contribution in [1.29, 1.82) is 0 Å². The molecule has 1 atom stereocenters. The Bertz CT molecular complexity index is 612. The lowest BCUT2D eigenvalue weighted by Gasteiger charge is -2.29. The van der Waals surface area contributed by atoms with Gasteiger partial charge < -0.3 is 10.2 Å². The van der Waals surface area contributed by atoms with Crippen molar-refractivity contribution in [2.75, 3.05) is 13.7 Å². The first-order chi connectivity index (χ1) is 9.88. The molecule has 2 rings (SSSR count). The van der Waals surface area contributed by atoms with Gasteiger partial charge in [-0.05, 0) is 19.4 Å². The summed E-state index contributed by atoms with van der Waals surface area (Å²) in [4.78, 5) is 24.6. The highest BCUT2D eigenvalue weighted by Gasteiger charge is 2.20. The van der Waals surface area contributed by atoms with Gasteiger partial charge in [-0.25, -0.2) is 0 Å². The highest BCUT2D eigenvalue weighted by molar-refractivity contribution is 5.97. The van der Waals surface area contributed by atoms with Gasteiger partial charge in [0.2, 0.25) is 0 Å². The van der Waals surface area contributed by atoms with Crippen LogP contribution in [0, 0.1) is 17.0 Å². The third kappa shape index (κ3) is 3.38. The SMILES string of the molecule is Cc1ccc([N+](=O)[O-])cc1C(=O)NC1=CN(C)CNC1C. The molecule has 1 heterocycles. The Morgan fingerprint density at radius 1 is 1.52 bits per heavy atom. The summed E-state index contributed by atoms with van der Waals surface area (Å²) >= 11 is 0. The molecule has 1 aromatic carbocycles. The van der Waals surface area contributed by atoms with Gasteiger partial charge in [0.15, 0.2) is 0 Å². The zero-order valence-corrected chi connectivity index (χ0v) is 12.2. The minimum absolute atomic E-state index is 0.0177. The van der Waals surface area contributed by atoms with Crippen LogP contribution in [-0.4, -0.2) is 35.5 Å². The maximum atomic E-state index is 12.3. The number of nitrogens with zero attached hydrogens (tertiary/aromatic N) is 2. The van der Waals surface area contributed by atoms with Crippen molar-refractivity contribution in [3.63, 3.8) is 0 Å². The average molecular weight is 290 g/mol. The van der Waals surface area contributed by atoms with Crippen molar-refractivity contribution >= 4 is 11.6 Å². The van der Waals surface area contributed by atoms with E-state index in [-0.39, 0.29) is 17.6 Å². The maximum absolute atomic E-state index is 12.3. The van der Waals surface area contributed by atoms with Crippen molar-refractivity contribution in [3.05, 3.63) is 51.3 Å². The largest absolute Gasteiger partial charge is 0.366 e. The molecule has 2 N–H and O–H groups in total. The van der Waals surface area contributed by atoms with Gasteiger partial charge in [-0.3, -0.25) is 20.2 Å². The molecule has 1 unspecified atom stereocenters. The van der Waals surface area contributed by atoms with E-state index in [4.69, 9.17) is 0 Å². The molecule has 0 saturated heterocycles. The molecule has 1 aromatic rings. The summed E-state index contributed by atoms with van der Waals surface area (Å²) in [5.74, 6) is -0.341. The molecule has 1 amide bonds. The Morgan fingerprint density at radius 3 is 2.90 bits per heavy atom. The number of nitrogens with one attached hydrogen (secondary N) is 2. The van der Waals surface area contributed by atoms with E-state index in [1.54, 1.807) is 13.0 Å². The van der Waals surface area contributed by atoms with Crippen LogP contribution in [0.25, 0.3) is 0 Å². The first-order valence-corrected chi connectivity index (χ1v) is 6.60. The number of carbonyl (C=O) groups excluding carboxylic acids is 1. The molecule has 1 aliphatic heterocycles. The number of non-ortho nitro benzene ring substituents is 1. The van der Waals surface area contributed by atoms with E-state index < -0.39 is 4.92 Å². The van der Waals surface area contributed by atoms with E-state index >= 15 is 0 Å². The summed E-state index contributed by atoms with van der Waals surface area (Å²) in [6.45, 7) is 4.40. The van der Waals surface area contributed by atoms with Crippen LogP contribution >= 0.6 is 0 Å². The van der Waals surface area contributed by atoms with E-state index in [0.29, 0.717) is 17.8 Å². The molecule has 1 aliphatic rings. The Hall–Kier alpha value is -2.41. The van der Waals surface area contributed by atoms with Crippen molar-refractivity contribution in [3.8, 4) is 0 Å². The quantitative estimate of drug-likeness (QED) is 0.648. The van der Waals surface area contributed by atoms with Gasteiger partial charge in [-0.2, -0.15) is 0 Å². The lowest BCUT2D eigenvalue weighted by molar-refractivity contribution is -0.384. The number of nitro groups is 1. The van der Waals surface area contributed by atoms with Crippen LogP contribution in [0.3, 0.4) is 0 Å². The van der Waals surface area contributed by atoms with Gasteiger partial charge in [0.05, 0.1) is 17.3 Å². The number of aryl methyl sites for hydroxylation is 1. The summed E-state index contributed by atoms with van der Waals surface area (Å²) in [5, 5.41) is 16.9. The monoisotopic (exact) mass is 290 g/mol. The summed E-state index contributed by atoms with van der Waals surface area (Å²) < 4.78 is 0. The fourth-order valence-electron chi connectivity index (χ4n) is 2.09. The molecule has 7 nitrogen and oxygen atoms in total.